The first-order valence-electron chi connectivity index (χ1n) is 7.01. The second kappa shape index (κ2) is 7.15. The minimum Gasteiger partial charge on any atom is -0.334 e. The summed E-state index contributed by atoms with van der Waals surface area (Å²) in [6.07, 6.45) is 1.08. The highest BCUT2D eigenvalue weighted by Crippen LogP contribution is 2.14. The fourth-order valence-electron chi connectivity index (χ4n) is 1.99. The Morgan fingerprint density at radius 3 is 2.22 bits per heavy atom. The lowest BCUT2D eigenvalue weighted by Crippen LogP contribution is -2.28. The summed E-state index contributed by atoms with van der Waals surface area (Å²) in [5, 5.41) is 5.47. The van der Waals surface area contributed by atoms with Gasteiger partial charge in [0.15, 0.2) is 0 Å². The Morgan fingerprint density at radius 1 is 1.00 bits per heavy atom. The standard InChI is InChI=1S/C16H19N3O3S/c1-12-5-3-4-6-13(12)11-17-16(20)18-14-7-9-15(10-8-14)19-23(2,21)22/h3-10,19H,11H2,1-2H3,(H2,17,18,20). The first-order valence-corrected chi connectivity index (χ1v) is 8.90. The van der Waals surface area contributed by atoms with E-state index in [1.807, 2.05) is 31.2 Å². The van der Waals surface area contributed by atoms with Gasteiger partial charge >= 0.3 is 6.03 Å². The van der Waals surface area contributed by atoms with Crippen molar-refractivity contribution in [3.63, 3.8) is 0 Å². The van der Waals surface area contributed by atoms with Crippen molar-refractivity contribution in [1.82, 2.24) is 5.32 Å². The summed E-state index contributed by atoms with van der Waals surface area (Å²) in [5.74, 6) is 0. The topological polar surface area (TPSA) is 87.3 Å². The van der Waals surface area contributed by atoms with Gasteiger partial charge in [0.2, 0.25) is 10.0 Å². The highest BCUT2D eigenvalue weighted by molar-refractivity contribution is 7.92. The largest absolute Gasteiger partial charge is 0.334 e. The fraction of sp³-hybridized carbons (Fsp3) is 0.188. The molecule has 3 N–H and O–H groups in total. The summed E-state index contributed by atoms with van der Waals surface area (Å²) in [6.45, 7) is 2.43. The average molecular weight is 333 g/mol. The monoisotopic (exact) mass is 333 g/mol. The van der Waals surface area contributed by atoms with Crippen LogP contribution in [0.25, 0.3) is 0 Å². The summed E-state index contributed by atoms with van der Waals surface area (Å²) in [6, 6.07) is 13.9. The summed E-state index contributed by atoms with van der Waals surface area (Å²) in [4.78, 5) is 11.9. The number of carbonyl (C=O) groups is 1. The molecule has 0 fully saturated rings. The lowest BCUT2D eigenvalue weighted by atomic mass is 10.1. The second-order valence-corrected chi connectivity index (χ2v) is 6.93. The molecule has 0 aliphatic carbocycles. The fourth-order valence-corrected chi connectivity index (χ4v) is 2.56. The van der Waals surface area contributed by atoms with E-state index in [0.717, 1.165) is 17.4 Å². The Balaban J connectivity index is 1.89. The van der Waals surface area contributed by atoms with Gasteiger partial charge < -0.3 is 10.6 Å². The van der Waals surface area contributed by atoms with E-state index in [0.29, 0.717) is 17.9 Å². The molecule has 0 radical (unpaired) electrons. The molecule has 0 aliphatic rings. The van der Waals surface area contributed by atoms with E-state index in [-0.39, 0.29) is 6.03 Å². The Bertz CT molecular complexity index is 786. The molecule has 0 aromatic heterocycles. The number of hydrogen-bond donors (Lipinski definition) is 3. The molecule has 23 heavy (non-hydrogen) atoms. The third kappa shape index (κ3) is 5.63. The molecule has 2 amide bonds. The van der Waals surface area contributed by atoms with E-state index in [1.165, 1.54) is 0 Å². The molecular formula is C16H19N3O3S. The van der Waals surface area contributed by atoms with Crippen LogP contribution in [0.4, 0.5) is 16.2 Å². The number of urea groups is 1. The number of rotatable bonds is 5. The minimum atomic E-state index is -3.31. The van der Waals surface area contributed by atoms with Crippen molar-refractivity contribution in [2.45, 2.75) is 13.5 Å². The van der Waals surface area contributed by atoms with E-state index in [1.54, 1.807) is 24.3 Å². The van der Waals surface area contributed by atoms with Gasteiger partial charge in [-0.1, -0.05) is 24.3 Å². The SMILES string of the molecule is Cc1ccccc1CNC(=O)Nc1ccc(NS(C)(=O)=O)cc1. The number of anilines is 2. The lowest BCUT2D eigenvalue weighted by molar-refractivity contribution is 0.251. The van der Waals surface area contributed by atoms with Crippen LogP contribution in [0.2, 0.25) is 0 Å². The first-order chi connectivity index (χ1) is 10.8. The number of carbonyl (C=O) groups excluding carboxylic acids is 1. The van der Waals surface area contributed by atoms with E-state index in [4.69, 9.17) is 0 Å². The molecular weight excluding hydrogens is 314 g/mol. The van der Waals surface area contributed by atoms with E-state index < -0.39 is 10.0 Å². The molecule has 2 rings (SSSR count). The van der Waals surface area contributed by atoms with Crippen LogP contribution in [-0.4, -0.2) is 20.7 Å². The van der Waals surface area contributed by atoms with Crippen LogP contribution >= 0.6 is 0 Å². The predicted molar refractivity (Wildman–Crippen MR) is 91.9 cm³/mol. The van der Waals surface area contributed by atoms with Crippen molar-refractivity contribution in [3.05, 3.63) is 59.7 Å². The number of amides is 2. The normalized spacial score (nSPS) is 10.9. The molecule has 122 valence electrons. The van der Waals surface area contributed by atoms with Crippen molar-refractivity contribution >= 4 is 27.4 Å². The van der Waals surface area contributed by atoms with Gasteiger partial charge in [0, 0.05) is 17.9 Å². The van der Waals surface area contributed by atoms with Crippen LogP contribution in [0.15, 0.2) is 48.5 Å². The molecule has 7 heteroatoms. The molecule has 0 saturated carbocycles. The van der Waals surface area contributed by atoms with Gasteiger partial charge in [-0.05, 0) is 42.3 Å². The zero-order chi connectivity index (χ0) is 16.9. The third-order valence-electron chi connectivity index (χ3n) is 3.15. The van der Waals surface area contributed by atoms with Gasteiger partial charge in [-0.15, -0.1) is 0 Å². The van der Waals surface area contributed by atoms with Gasteiger partial charge in [0.1, 0.15) is 0 Å². The average Bonchev–Trinajstić information content (AvgIpc) is 2.47. The smallest absolute Gasteiger partial charge is 0.319 e. The first kappa shape index (κ1) is 16.8. The zero-order valence-electron chi connectivity index (χ0n) is 13.0. The van der Waals surface area contributed by atoms with Crippen LogP contribution in [0.3, 0.4) is 0 Å². The van der Waals surface area contributed by atoms with E-state index >= 15 is 0 Å². The lowest BCUT2D eigenvalue weighted by Gasteiger charge is -2.10. The molecule has 6 nitrogen and oxygen atoms in total. The molecule has 0 heterocycles. The Kier molecular flexibility index (Phi) is 5.23. The number of aryl methyl sites for hydroxylation is 1. The minimum absolute atomic E-state index is 0.322. The van der Waals surface area contributed by atoms with E-state index in [2.05, 4.69) is 15.4 Å². The Hall–Kier alpha value is -2.54. The van der Waals surface area contributed by atoms with Crippen LogP contribution in [0, 0.1) is 6.92 Å². The van der Waals surface area contributed by atoms with Gasteiger partial charge in [-0.2, -0.15) is 0 Å². The summed E-state index contributed by atoms with van der Waals surface area (Å²) < 4.78 is 24.6. The van der Waals surface area contributed by atoms with Gasteiger partial charge in [-0.3, -0.25) is 4.72 Å². The van der Waals surface area contributed by atoms with Crippen LogP contribution in [-0.2, 0) is 16.6 Å². The van der Waals surface area contributed by atoms with Gasteiger partial charge in [0.25, 0.3) is 0 Å². The van der Waals surface area contributed by atoms with Crippen molar-refractivity contribution in [2.24, 2.45) is 0 Å². The molecule has 2 aromatic carbocycles. The molecule has 0 spiro atoms. The van der Waals surface area contributed by atoms with Crippen molar-refractivity contribution in [2.75, 3.05) is 16.3 Å². The highest BCUT2D eigenvalue weighted by atomic mass is 32.2. The Labute approximate surface area is 136 Å². The molecule has 0 bridgehead atoms. The van der Waals surface area contributed by atoms with Crippen LogP contribution in [0.5, 0.6) is 0 Å². The van der Waals surface area contributed by atoms with Crippen molar-refractivity contribution in [1.29, 1.82) is 0 Å². The quantitative estimate of drug-likeness (QED) is 0.786. The molecule has 0 saturated heterocycles. The number of sulfonamides is 1. The van der Waals surface area contributed by atoms with Crippen molar-refractivity contribution < 1.29 is 13.2 Å². The van der Waals surface area contributed by atoms with Gasteiger partial charge in [-0.25, -0.2) is 13.2 Å². The summed E-state index contributed by atoms with van der Waals surface area (Å²) >= 11 is 0. The van der Waals surface area contributed by atoms with Crippen LogP contribution in [0.1, 0.15) is 11.1 Å². The maximum atomic E-state index is 11.9. The second-order valence-electron chi connectivity index (χ2n) is 5.19. The number of hydrogen-bond acceptors (Lipinski definition) is 3. The Morgan fingerprint density at radius 2 is 1.61 bits per heavy atom. The third-order valence-corrected chi connectivity index (χ3v) is 3.75. The molecule has 0 aliphatic heterocycles. The summed E-state index contributed by atoms with van der Waals surface area (Å²) in [5.41, 5.74) is 3.18. The van der Waals surface area contributed by atoms with Crippen molar-refractivity contribution in [3.8, 4) is 0 Å². The number of benzene rings is 2. The highest BCUT2D eigenvalue weighted by Gasteiger charge is 2.05. The zero-order valence-corrected chi connectivity index (χ0v) is 13.8. The number of nitrogens with one attached hydrogen (secondary N) is 3. The summed E-state index contributed by atoms with van der Waals surface area (Å²) in [7, 11) is -3.31. The van der Waals surface area contributed by atoms with E-state index in [9.17, 15) is 13.2 Å². The predicted octanol–water partition coefficient (Wildman–Crippen LogP) is 2.69. The maximum Gasteiger partial charge on any atom is 0.319 e. The molecule has 0 unspecified atom stereocenters. The van der Waals surface area contributed by atoms with Crippen LogP contribution < -0.4 is 15.4 Å². The maximum absolute atomic E-state index is 11.9. The van der Waals surface area contributed by atoms with Gasteiger partial charge in [0.05, 0.1) is 6.26 Å². The molecule has 2 aromatic rings. The molecule has 0 atom stereocenters.